The number of hydrogen-bond donors (Lipinski definition) is 1. The van der Waals surface area contributed by atoms with Gasteiger partial charge in [0.1, 0.15) is 18.2 Å². The lowest BCUT2D eigenvalue weighted by molar-refractivity contribution is 0.0693. The van der Waals surface area contributed by atoms with Crippen LogP contribution in [-0.4, -0.2) is 35.8 Å². The number of piperidine rings is 1. The van der Waals surface area contributed by atoms with Gasteiger partial charge in [0.25, 0.3) is 11.8 Å². The van der Waals surface area contributed by atoms with Gasteiger partial charge >= 0.3 is 0 Å². The highest BCUT2D eigenvalue weighted by Gasteiger charge is 2.26. The summed E-state index contributed by atoms with van der Waals surface area (Å²) in [4.78, 5) is 27.0. The number of amides is 2. The fourth-order valence-corrected chi connectivity index (χ4v) is 4.03. The van der Waals surface area contributed by atoms with Crippen LogP contribution in [-0.2, 0) is 6.61 Å². The fourth-order valence-electron chi connectivity index (χ4n) is 3.82. The van der Waals surface area contributed by atoms with Gasteiger partial charge < -0.3 is 15.0 Å². The minimum Gasteiger partial charge on any atom is -0.489 e. The van der Waals surface area contributed by atoms with Crippen molar-refractivity contribution in [3.63, 3.8) is 0 Å². The number of likely N-dealkylation sites (tertiary alicyclic amines) is 1. The first-order chi connectivity index (χ1) is 16.0. The van der Waals surface area contributed by atoms with Crippen molar-refractivity contribution in [2.75, 3.05) is 13.1 Å². The zero-order valence-corrected chi connectivity index (χ0v) is 18.7. The van der Waals surface area contributed by atoms with Crippen molar-refractivity contribution in [3.05, 3.63) is 100 Å². The first-order valence-corrected chi connectivity index (χ1v) is 11.2. The second-order valence-electron chi connectivity index (χ2n) is 7.97. The molecular formula is C26H24ClFN2O3. The van der Waals surface area contributed by atoms with Gasteiger partial charge in [0.15, 0.2) is 0 Å². The summed E-state index contributed by atoms with van der Waals surface area (Å²) in [6.45, 7) is 1.27. The number of halogens is 2. The molecule has 0 atom stereocenters. The molecule has 1 aliphatic heterocycles. The quantitative estimate of drug-likeness (QED) is 0.550. The van der Waals surface area contributed by atoms with E-state index in [1.54, 1.807) is 47.4 Å². The van der Waals surface area contributed by atoms with Gasteiger partial charge in [-0.3, -0.25) is 9.59 Å². The molecule has 2 amide bonds. The van der Waals surface area contributed by atoms with Crippen LogP contribution >= 0.6 is 11.6 Å². The Labute approximate surface area is 197 Å². The molecule has 1 saturated heterocycles. The molecule has 0 unspecified atom stereocenters. The van der Waals surface area contributed by atoms with Crippen LogP contribution in [0.25, 0.3) is 0 Å². The highest BCUT2D eigenvalue weighted by molar-refractivity contribution is 6.30. The molecule has 3 aromatic rings. The van der Waals surface area contributed by atoms with Gasteiger partial charge in [-0.15, -0.1) is 0 Å². The maximum Gasteiger partial charge on any atom is 0.256 e. The van der Waals surface area contributed by atoms with E-state index in [-0.39, 0.29) is 23.4 Å². The number of carbonyl (C=O) groups is 2. The summed E-state index contributed by atoms with van der Waals surface area (Å²) < 4.78 is 19.7. The Hall–Kier alpha value is -3.38. The predicted molar refractivity (Wildman–Crippen MR) is 125 cm³/mol. The first kappa shape index (κ1) is 22.8. The van der Waals surface area contributed by atoms with Crippen LogP contribution in [0.15, 0.2) is 72.8 Å². The molecule has 3 aromatic carbocycles. The first-order valence-electron chi connectivity index (χ1n) is 10.8. The molecule has 4 rings (SSSR count). The molecular weight excluding hydrogens is 443 g/mol. The Kier molecular flexibility index (Phi) is 7.25. The van der Waals surface area contributed by atoms with Crippen LogP contribution in [0.2, 0.25) is 5.02 Å². The molecule has 1 fully saturated rings. The van der Waals surface area contributed by atoms with Crippen molar-refractivity contribution in [2.24, 2.45) is 0 Å². The van der Waals surface area contributed by atoms with Gasteiger partial charge in [0, 0.05) is 29.7 Å². The highest BCUT2D eigenvalue weighted by atomic mass is 35.5. The maximum absolute atomic E-state index is 13.9. The molecule has 0 spiro atoms. The Morgan fingerprint density at radius 1 is 1.00 bits per heavy atom. The van der Waals surface area contributed by atoms with Crippen molar-refractivity contribution in [2.45, 2.75) is 25.5 Å². The van der Waals surface area contributed by atoms with Crippen LogP contribution in [0.4, 0.5) is 4.39 Å². The average Bonchev–Trinajstić information content (AvgIpc) is 2.83. The second-order valence-corrected chi connectivity index (χ2v) is 8.40. The van der Waals surface area contributed by atoms with E-state index in [1.165, 1.54) is 12.1 Å². The molecule has 0 radical (unpaired) electrons. The number of benzene rings is 3. The Morgan fingerprint density at radius 3 is 2.52 bits per heavy atom. The third kappa shape index (κ3) is 5.90. The molecule has 33 heavy (non-hydrogen) atoms. The lowest BCUT2D eigenvalue weighted by Crippen LogP contribution is -2.46. The van der Waals surface area contributed by atoms with E-state index < -0.39 is 5.82 Å². The summed E-state index contributed by atoms with van der Waals surface area (Å²) >= 11 is 6.00. The van der Waals surface area contributed by atoms with Crippen molar-refractivity contribution in [3.8, 4) is 5.75 Å². The van der Waals surface area contributed by atoms with Crippen LogP contribution in [0.1, 0.15) is 39.1 Å². The zero-order chi connectivity index (χ0) is 23.2. The number of hydrogen-bond acceptors (Lipinski definition) is 3. The number of nitrogens with zero attached hydrogens (tertiary/aromatic N) is 1. The van der Waals surface area contributed by atoms with E-state index in [9.17, 15) is 14.0 Å². The van der Waals surface area contributed by atoms with Gasteiger partial charge in [-0.25, -0.2) is 4.39 Å². The Bertz CT molecular complexity index is 1150. The third-order valence-electron chi connectivity index (χ3n) is 5.61. The van der Waals surface area contributed by atoms with Crippen LogP contribution in [0.5, 0.6) is 5.75 Å². The van der Waals surface area contributed by atoms with Gasteiger partial charge in [0.05, 0.1) is 5.56 Å². The summed E-state index contributed by atoms with van der Waals surface area (Å²) in [6, 6.07) is 20.4. The Morgan fingerprint density at radius 2 is 1.76 bits per heavy atom. The van der Waals surface area contributed by atoms with E-state index in [0.29, 0.717) is 48.9 Å². The molecule has 0 saturated carbocycles. The van der Waals surface area contributed by atoms with Crippen LogP contribution in [0, 0.1) is 5.82 Å². The summed E-state index contributed by atoms with van der Waals surface area (Å²) in [5.41, 5.74) is 1.52. The predicted octanol–water partition coefficient (Wildman–Crippen LogP) is 5.09. The van der Waals surface area contributed by atoms with Crippen molar-refractivity contribution >= 4 is 23.4 Å². The molecule has 1 heterocycles. The van der Waals surface area contributed by atoms with E-state index >= 15 is 0 Å². The lowest BCUT2D eigenvalue weighted by Gasteiger charge is -2.32. The number of carbonyl (C=O) groups excluding carboxylic acids is 2. The average molecular weight is 467 g/mol. The molecule has 7 heteroatoms. The van der Waals surface area contributed by atoms with Gasteiger partial charge in [-0.05, 0) is 60.9 Å². The summed E-state index contributed by atoms with van der Waals surface area (Å²) in [6.07, 6.45) is 1.22. The molecule has 1 aliphatic rings. The summed E-state index contributed by atoms with van der Waals surface area (Å²) in [7, 11) is 0. The molecule has 5 nitrogen and oxygen atoms in total. The van der Waals surface area contributed by atoms with Gasteiger partial charge in [0.2, 0.25) is 0 Å². The normalized spacial score (nSPS) is 14.1. The number of rotatable bonds is 6. The van der Waals surface area contributed by atoms with Crippen molar-refractivity contribution < 1.29 is 18.7 Å². The van der Waals surface area contributed by atoms with E-state index in [1.807, 2.05) is 18.2 Å². The maximum atomic E-state index is 13.9. The fraction of sp³-hybridized carbons (Fsp3) is 0.231. The van der Waals surface area contributed by atoms with Crippen LogP contribution in [0.3, 0.4) is 0 Å². The van der Waals surface area contributed by atoms with E-state index in [2.05, 4.69) is 5.32 Å². The van der Waals surface area contributed by atoms with Crippen molar-refractivity contribution in [1.29, 1.82) is 0 Å². The number of ether oxygens (including phenoxy) is 1. The number of nitrogens with one attached hydrogen (secondary N) is 1. The van der Waals surface area contributed by atoms with Gasteiger partial charge in [-0.1, -0.05) is 41.9 Å². The zero-order valence-electron chi connectivity index (χ0n) is 18.0. The minimum absolute atomic E-state index is 0.0572. The molecule has 0 aromatic heterocycles. The standard InChI is InChI=1S/C26H24ClFN2O3/c27-20-7-3-5-18(15-20)17-33-22-8-4-6-19(16-22)25(31)29-21-11-13-30(14-12-21)26(32)23-9-1-2-10-24(23)28/h1-10,15-16,21H,11-14,17H2,(H,29,31). The smallest absolute Gasteiger partial charge is 0.256 e. The summed E-state index contributed by atoms with van der Waals surface area (Å²) in [5, 5.41) is 3.67. The van der Waals surface area contributed by atoms with E-state index in [0.717, 1.165) is 5.56 Å². The second kappa shape index (κ2) is 10.5. The lowest BCUT2D eigenvalue weighted by atomic mass is 10.0. The van der Waals surface area contributed by atoms with Crippen molar-refractivity contribution in [1.82, 2.24) is 10.2 Å². The molecule has 0 aliphatic carbocycles. The molecule has 170 valence electrons. The van der Waals surface area contributed by atoms with Crippen LogP contribution < -0.4 is 10.1 Å². The monoisotopic (exact) mass is 466 g/mol. The Balaban J connectivity index is 1.30. The third-order valence-corrected chi connectivity index (χ3v) is 5.85. The summed E-state index contributed by atoms with van der Waals surface area (Å²) in [5.74, 6) is -0.437. The molecule has 1 N–H and O–H groups in total. The largest absolute Gasteiger partial charge is 0.489 e. The topological polar surface area (TPSA) is 58.6 Å². The van der Waals surface area contributed by atoms with E-state index in [4.69, 9.17) is 16.3 Å². The van der Waals surface area contributed by atoms with Gasteiger partial charge in [-0.2, -0.15) is 0 Å². The SMILES string of the molecule is O=C(NC1CCN(C(=O)c2ccccc2F)CC1)c1cccc(OCc2cccc(Cl)c2)c1. The molecule has 0 bridgehead atoms. The minimum atomic E-state index is -0.518. The highest BCUT2D eigenvalue weighted by Crippen LogP contribution is 2.19.